The van der Waals surface area contributed by atoms with Gasteiger partial charge in [-0.15, -0.1) is 0 Å². The zero-order valence-electron chi connectivity index (χ0n) is 17.2. The molecule has 5 nitrogen and oxygen atoms in total. The van der Waals surface area contributed by atoms with Crippen molar-refractivity contribution < 1.29 is 14.2 Å². The van der Waals surface area contributed by atoms with Crippen LogP contribution in [-0.2, 0) is 17.8 Å². The monoisotopic (exact) mass is 396 g/mol. The molecule has 1 saturated heterocycles. The van der Waals surface area contributed by atoms with E-state index in [1.807, 2.05) is 12.1 Å². The largest absolute Gasteiger partial charge is 0.491 e. The fourth-order valence-electron chi connectivity index (χ4n) is 4.13. The summed E-state index contributed by atoms with van der Waals surface area (Å²) in [4.78, 5) is 5.13. The smallest absolute Gasteiger partial charge is 0.123 e. The maximum atomic E-state index is 6.02. The maximum Gasteiger partial charge on any atom is 0.123 e. The molecule has 0 spiro atoms. The van der Waals surface area contributed by atoms with Crippen molar-refractivity contribution >= 4 is 0 Å². The summed E-state index contributed by atoms with van der Waals surface area (Å²) in [7, 11) is 0. The summed E-state index contributed by atoms with van der Waals surface area (Å²) < 4.78 is 17.8. The molecule has 3 aliphatic heterocycles. The molecular weight excluding hydrogens is 364 g/mol. The summed E-state index contributed by atoms with van der Waals surface area (Å²) in [6, 6.07) is 16.8. The third kappa shape index (κ3) is 5.95. The number of fused-ring (bicyclic) bond motifs is 10. The van der Waals surface area contributed by atoms with Crippen LogP contribution in [0.5, 0.6) is 11.5 Å². The lowest BCUT2D eigenvalue weighted by atomic mass is 10.1. The number of hydrogen-bond donors (Lipinski definition) is 0. The zero-order chi connectivity index (χ0) is 19.7. The van der Waals surface area contributed by atoms with Crippen molar-refractivity contribution in [3.8, 4) is 11.5 Å². The second-order valence-electron chi connectivity index (χ2n) is 7.78. The van der Waals surface area contributed by atoms with Crippen LogP contribution >= 0.6 is 0 Å². The Morgan fingerprint density at radius 2 is 1.00 bits per heavy atom. The van der Waals surface area contributed by atoms with Gasteiger partial charge in [-0.1, -0.05) is 36.4 Å². The molecule has 3 heterocycles. The summed E-state index contributed by atoms with van der Waals surface area (Å²) >= 11 is 0. The van der Waals surface area contributed by atoms with E-state index in [4.69, 9.17) is 14.2 Å². The second kappa shape index (κ2) is 10.6. The van der Waals surface area contributed by atoms with Crippen LogP contribution in [0.2, 0.25) is 0 Å². The van der Waals surface area contributed by atoms with E-state index in [2.05, 4.69) is 46.2 Å². The first-order chi connectivity index (χ1) is 14.4. The van der Waals surface area contributed by atoms with E-state index in [-0.39, 0.29) is 0 Å². The first-order valence-corrected chi connectivity index (χ1v) is 10.8. The first-order valence-electron chi connectivity index (χ1n) is 10.8. The number of benzene rings is 2. The van der Waals surface area contributed by atoms with Crippen LogP contribution in [-0.4, -0.2) is 62.4 Å². The van der Waals surface area contributed by atoms with E-state index in [1.54, 1.807) is 0 Å². The fourth-order valence-corrected chi connectivity index (χ4v) is 4.13. The highest BCUT2D eigenvalue weighted by Gasteiger charge is 2.16. The molecule has 2 bridgehead atoms. The Morgan fingerprint density at radius 1 is 0.552 bits per heavy atom. The Hall–Kier alpha value is -2.08. The van der Waals surface area contributed by atoms with Crippen molar-refractivity contribution in [2.24, 2.45) is 0 Å². The molecule has 0 saturated carbocycles. The minimum absolute atomic E-state index is 0.558. The molecule has 0 aliphatic carbocycles. The molecule has 0 aromatic heterocycles. The molecule has 0 atom stereocenters. The van der Waals surface area contributed by atoms with Crippen LogP contribution in [0, 0.1) is 0 Å². The molecule has 5 rings (SSSR count). The van der Waals surface area contributed by atoms with Gasteiger partial charge >= 0.3 is 0 Å². The van der Waals surface area contributed by atoms with Gasteiger partial charge < -0.3 is 14.2 Å². The fraction of sp³-hybridized carbons (Fsp3) is 0.500. The predicted molar refractivity (Wildman–Crippen MR) is 114 cm³/mol. The molecule has 0 amide bonds. The van der Waals surface area contributed by atoms with Gasteiger partial charge in [0.05, 0.1) is 13.2 Å². The Balaban J connectivity index is 1.48. The lowest BCUT2D eigenvalue weighted by molar-refractivity contribution is 0.0750. The van der Waals surface area contributed by atoms with Gasteiger partial charge in [0.25, 0.3) is 0 Å². The van der Waals surface area contributed by atoms with Gasteiger partial charge in [-0.05, 0) is 51.2 Å². The molecule has 156 valence electrons. The van der Waals surface area contributed by atoms with E-state index in [9.17, 15) is 0 Å². The summed E-state index contributed by atoms with van der Waals surface area (Å²) in [5, 5.41) is 0. The summed E-state index contributed by atoms with van der Waals surface area (Å²) in [6.07, 6.45) is 2.36. The summed E-state index contributed by atoms with van der Waals surface area (Å²) in [5.41, 5.74) is 2.53. The SMILES string of the molecule is c1ccc2c(c1)CN1CCCN(CCC1)Cc1ccccc1OCCOCCO2. The third-order valence-electron chi connectivity index (χ3n) is 5.60. The van der Waals surface area contributed by atoms with E-state index in [0.29, 0.717) is 26.4 Å². The van der Waals surface area contributed by atoms with E-state index in [1.165, 1.54) is 24.0 Å². The maximum absolute atomic E-state index is 6.02. The Labute approximate surface area is 174 Å². The van der Waals surface area contributed by atoms with E-state index < -0.39 is 0 Å². The average molecular weight is 397 g/mol. The van der Waals surface area contributed by atoms with Crippen molar-refractivity contribution in [2.75, 3.05) is 52.6 Å². The van der Waals surface area contributed by atoms with Crippen LogP contribution in [0.25, 0.3) is 0 Å². The lowest BCUT2D eigenvalue weighted by Crippen LogP contribution is -2.36. The zero-order valence-corrected chi connectivity index (χ0v) is 17.2. The number of rotatable bonds is 0. The average Bonchev–Trinajstić information content (AvgIpc) is 2.72. The molecule has 3 aliphatic rings. The van der Waals surface area contributed by atoms with Crippen molar-refractivity contribution in [3.63, 3.8) is 0 Å². The van der Waals surface area contributed by atoms with Gasteiger partial charge in [-0.2, -0.15) is 0 Å². The van der Waals surface area contributed by atoms with Crippen LogP contribution in [0.15, 0.2) is 48.5 Å². The Kier molecular flexibility index (Phi) is 7.40. The molecule has 2 aromatic rings. The number of hydrogen-bond acceptors (Lipinski definition) is 5. The van der Waals surface area contributed by atoms with Gasteiger partial charge in [-0.3, -0.25) is 9.80 Å². The van der Waals surface area contributed by atoms with Crippen molar-refractivity contribution in [3.05, 3.63) is 59.7 Å². The molecule has 29 heavy (non-hydrogen) atoms. The standard InChI is InChI=1S/C24H32N2O3/c1-3-9-23-21(7-1)19-25-11-5-13-26(14-6-12-25)20-22-8-2-4-10-24(22)29-18-16-27-15-17-28-23/h1-4,7-10H,5-6,11-20H2. The van der Waals surface area contributed by atoms with Crippen molar-refractivity contribution in [1.29, 1.82) is 0 Å². The summed E-state index contributed by atoms with van der Waals surface area (Å²) in [6.45, 7) is 8.62. The van der Waals surface area contributed by atoms with Gasteiger partial charge in [0, 0.05) is 24.2 Å². The Bertz CT molecular complexity index is 696. The normalized spacial score (nSPS) is 24.0. The van der Waals surface area contributed by atoms with Crippen LogP contribution in [0.1, 0.15) is 24.0 Å². The van der Waals surface area contributed by atoms with E-state index >= 15 is 0 Å². The van der Waals surface area contributed by atoms with E-state index in [0.717, 1.165) is 50.8 Å². The van der Waals surface area contributed by atoms with Gasteiger partial charge in [0.15, 0.2) is 0 Å². The molecule has 0 unspecified atom stereocenters. The second-order valence-corrected chi connectivity index (χ2v) is 7.78. The number of ether oxygens (including phenoxy) is 3. The van der Waals surface area contributed by atoms with Crippen molar-refractivity contribution in [2.45, 2.75) is 25.9 Å². The minimum atomic E-state index is 0.558. The molecule has 2 aromatic carbocycles. The third-order valence-corrected chi connectivity index (χ3v) is 5.60. The van der Waals surface area contributed by atoms with Gasteiger partial charge in [0.2, 0.25) is 0 Å². The highest BCUT2D eigenvalue weighted by molar-refractivity contribution is 5.34. The topological polar surface area (TPSA) is 34.2 Å². The number of para-hydroxylation sites is 2. The van der Waals surface area contributed by atoms with Crippen LogP contribution < -0.4 is 9.47 Å². The predicted octanol–water partition coefficient (Wildman–Crippen LogP) is 3.57. The van der Waals surface area contributed by atoms with Crippen LogP contribution in [0.4, 0.5) is 0 Å². The van der Waals surface area contributed by atoms with Crippen LogP contribution in [0.3, 0.4) is 0 Å². The van der Waals surface area contributed by atoms with Gasteiger partial charge in [0.1, 0.15) is 24.7 Å². The van der Waals surface area contributed by atoms with Crippen molar-refractivity contribution in [1.82, 2.24) is 9.80 Å². The molecule has 0 N–H and O–H groups in total. The number of nitrogens with zero attached hydrogens (tertiary/aromatic N) is 2. The van der Waals surface area contributed by atoms with Gasteiger partial charge in [-0.25, -0.2) is 0 Å². The molecule has 5 heteroatoms. The molecule has 1 fully saturated rings. The first kappa shape index (κ1) is 20.2. The molecular formula is C24H32N2O3. The minimum Gasteiger partial charge on any atom is -0.491 e. The quantitative estimate of drug-likeness (QED) is 0.636. The highest BCUT2D eigenvalue weighted by Crippen LogP contribution is 2.23. The highest BCUT2D eigenvalue weighted by atomic mass is 16.5. The lowest BCUT2D eigenvalue weighted by Gasteiger charge is -2.31. The Morgan fingerprint density at radius 3 is 1.48 bits per heavy atom. The summed E-state index contributed by atoms with van der Waals surface area (Å²) in [5.74, 6) is 1.96. The molecule has 0 radical (unpaired) electrons.